The van der Waals surface area contributed by atoms with Crippen LogP contribution in [-0.2, 0) is 12.1 Å². The molecule has 3 nitrogen and oxygen atoms in total. The lowest BCUT2D eigenvalue weighted by Crippen LogP contribution is -2.36. The van der Waals surface area contributed by atoms with Crippen molar-refractivity contribution >= 4 is 23.2 Å². The van der Waals surface area contributed by atoms with Crippen LogP contribution in [0.1, 0.15) is 25.0 Å². The van der Waals surface area contributed by atoms with Crippen molar-refractivity contribution in [1.82, 2.24) is 5.32 Å². The molecule has 5 heteroatoms. The van der Waals surface area contributed by atoms with Gasteiger partial charge in [0, 0.05) is 17.6 Å². The maximum Gasteiger partial charge on any atom is 0.165 e. The van der Waals surface area contributed by atoms with Gasteiger partial charge in [0.05, 0.1) is 10.0 Å². The summed E-state index contributed by atoms with van der Waals surface area (Å²) in [5, 5.41) is 4.68. The minimum absolute atomic E-state index is 0.257. The van der Waals surface area contributed by atoms with E-state index in [-0.39, 0.29) is 5.54 Å². The van der Waals surface area contributed by atoms with Gasteiger partial charge in [-0.2, -0.15) is 0 Å². The van der Waals surface area contributed by atoms with Crippen molar-refractivity contribution in [2.24, 2.45) is 0 Å². The molecule has 0 bridgehead atoms. The number of benzene rings is 2. The maximum atomic E-state index is 6.14. The van der Waals surface area contributed by atoms with Crippen LogP contribution >= 0.6 is 23.2 Å². The van der Waals surface area contributed by atoms with E-state index in [0.717, 1.165) is 22.6 Å². The zero-order valence-electron chi connectivity index (χ0n) is 13.2. The lowest BCUT2D eigenvalue weighted by molar-refractivity contribution is 0.169. The van der Waals surface area contributed by atoms with Crippen molar-refractivity contribution in [2.75, 3.05) is 13.2 Å². The summed E-state index contributed by atoms with van der Waals surface area (Å²) in [5.41, 5.74) is 1.90. The zero-order valence-corrected chi connectivity index (χ0v) is 14.7. The summed E-state index contributed by atoms with van der Waals surface area (Å²) in [6.07, 6.45) is 0. The van der Waals surface area contributed by atoms with Crippen LogP contribution < -0.4 is 14.8 Å². The minimum atomic E-state index is -0.257. The molecule has 1 aliphatic heterocycles. The monoisotopic (exact) mass is 351 g/mol. The minimum Gasteiger partial charge on any atom is -0.486 e. The van der Waals surface area contributed by atoms with Gasteiger partial charge in [0.1, 0.15) is 13.2 Å². The normalized spacial score (nSPS) is 13.9. The molecule has 1 aliphatic rings. The number of nitrogens with one attached hydrogen (secondary N) is 1. The van der Waals surface area contributed by atoms with Gasteiger partial charge >= 0.3 is 0 Å². The van der Waals surface area contributed by atoms with Gasteiger partial charge in [-0.15, -0.1) is 0 Å². The summed E-state index contributed by atoms with van der Waals surface area (Å²) >= 11 is 12.1. The summed E-state index contributed by atoms with van der Waals surface area (Å²) in [6, 6.07) is 11.7. The first-order valence-corrected chi connectivity index (χ1v) is 8.31. The summed E-state index contributed by atoms with van der Waals surface area (Å²) in [5.74, 6) is 1.64. The molecule has 0 aliphatic carbocycles. The summed E-state index contributed by atoms with van der Waals surface area (Å²) in [4.78, 5) is 0. The van der Waals surface area contributed by atoms with Gasteiger partial charge in [0.2, 0.25) is 0 Å². The van der Waals surface area contributed by atoms with Crippen LogP contribution in [0.3, 0.4) is 0 Å². The molecule has 0 aromatic heterocycles. The fourth-order valence-corrected chi connectivity index (χ4v) is 2.87. The lowest BCUT2D eigenvalue weighted by Gasteiger charge is -2.29. The van der Waals surface area contributed by atoms with Crippen molar-refractivity contribution in [3.05, 3.63) is 57.6 Å². The largest absolute Gasteiger partial charge is 0.486 e. The van der Waals surface area contributed by atoms with Crippen molar-refractivity contribution in [3.8, 4) is 11.5 Å². The van der Waals surface area contributed by atoms with Gasteiger partial charge in [-0.3, -0.25) is 0 Å². The molecular formula is C18H19Cl2NO2. The lowest BCUT2D eigenvalue weighted by atomic mass is 9.94. The van der Waals surface area contributed by atoms with E-state index in [4.69, 9.17) is 32.7 Å². The Labute approximate surface area is 146 Å². The molecule has 0 spiro atoms. The highest BCUT2D eigenvalue weighted by molar-refractivity contribution is 6.42. The Morgan fingerprint density at radius 2 is 1.83 bits per heavy atom. The smallest absolute Gasteiger partial charge is 0.165 e. The Balaban J connectivity index is 1.78. The molecule has 0 amide bonds. The highest BCUT2D eigenvalue weighted by atomic mass is 35.5. The second kappa shape index (κ2) is 6.60. The first kappa shape index (κ1) is 16.4. The predicted molar refractivity (Wildman–Crippen MR) is 93.8 cm³/mol. The molecule has 0 saturated carbocycles. The second-order valence-corrected chi connectivity index (χ2v) is 6.86. The van der Waals surface area contributed by atoms with Crippen LogP contribution in [0, 0.1) is 0 Å². The van der Waals surface area contributed by atoms with E-state index < -0.39 is 0 Å². The van der Waals surface area contributed by atoms with Crippen LogP contribution in [0.4, 0.5) is 0 Å². The van der Waals surface area contributed by atoms with Gasteiger partial charge < -0.3 is 14.8 Å². The molecule has 0 fully saturated rings. The van der Waals surface area contributed by atoms with E-state index in [9.17, 15) is 0 Å². The fourth-order valence-electron chi connectivity index (χ4n) is 2.58. The van der Waals surface area contributed by atoms with E-state index in [2.05, 4.69) is 19.2 Å². The molecule has 122 valence electrons. The van der Waals surface area contributed by atoms with E-state index in [1.165, 1.54) is 0 Å². The third-order valence-electron chi connectivity index (χ3n) is 4.01. The van der Waals surface area contributed by atoms with Crippen molar-refractivity contribution < 1.29 is 9.47 Å². The van der Waals surface area contributed by atoms with E-state index >= 15 is 0 Å². The Morgan fingerprint density at radius 3 is 2.61 bits per heavy atom. The standard InChI is InChI=1S/C18H19Cl2NO2/c1-18(2,13-6-7-14(19)15(20)10-13)21-11-12-4-3-5-16-17(12)23-9-8-22-16/h3-7,10,21H,8-9,11H2,1-2H3. The van der Waals surface area contributed by atoms with Gasteiger partial charge in [0.25, 0.3) is 0 Å². The molecule has 0 unspecified atom stereocenters. The zero-order chi connectivity index (χ0) is 16.4. The molecule has 1 heterocycles. The van der Waals surface area contributed by atoms with Crippen molar-refractivity contribution in [2.45, 2.75) is 25.9 Å². The summed E-state index contributed by atoms with van der Waals surface area (Å²) in [6.45, 7) is 6.07. The Morgan fingerprint density at radius 1 is 1.04 bits per heavy atom. The summed E-state index contributed by atoms with van der Waals surface area (Å²) < 4.78 is 11.4. The first-order chi connectivity index (χ1) is 11.0. The Hall–Kier alpha value is -1.42. The highest BCUT2D eigenvalue weighted by Gasteiger charge is 2.22. The number of fused-ring (bicyclic) bond motifs is 1. The number of hydrogen-bond acceptors (Lipinski definition) is 3. The van der Waals surface area contributed by atoms with Crippen LogP contribution in [-0.4, -0.2) is 13.2 Å². The van der Waals surface area contributed by atoms with Gasteiger partial charge in [-0.25, -0.2) is 0 Å². The quantitative estimate of drug-likeness (QED) is 0.858. The number of ether oxygens (including phenoxy) is 2. The van der Waals surface area contributed by atoms with Crippen molar-refractivity contribution in [1.29, 1.82) is 0 Å². The van der Waals surface area contributed by atoms with Gasteiger partial charge in [-0.1, -0.05) is 41.4 Å². The second-order valence-electron chi connectivity index (χ2n) is 6.05. The molecule has 0 atom stereocenters. The number of para-hydroxylation sites is 1. The Bertz CT molecular complexity index is 716. The van der Waals surface area contributed by atoms with Crippen LogP contribution in [0.5, 0.6) is 11.5 Å². The molecule has 2 aromatic rings. The molecule has 23 heavy (non-hydrogen) atoms. The number of hydrogen-bond donors (Lipinski definition) is 1. The molecular weight excluding hydrogens is 333 g/mol. The Kier molecular flexibility index (Phi) is 4.72. The average Bonchev–Trinajstić information content (AvgIpc) is 2.55. The van der Waals surface area contributed by atoms with E-state index in [0.29, 0.717) is 29.8 Å². The van der Waals surface area contributed by atoms with E-state index in [1.807, 2.05) is 36.4 Å². The number of rotatable bonds is 4. The third kappa shape index (κ3) is 3.57. The van der Waals surface area contributed by atoms with E-state index in [1.54, 1.807) is 0 Å². The molecule has 3 rings (SSSR count). The first-order valence-electron chi connectivity index (χ1n) is 7.55. The van der Waals surface area contributed by atoms with Gasteiger partial charge in [-0.05, 0) is 37.6 Å². The van der Waals surface area contributed by atoms with Crippen molar-refractivity contribution in [3.63, 3.8) is 0 Å². The van der Waals surface area contributed by atoms with Crippen LogP contribution in [0.2, 0.25) is 10.0 Å². The predicted octanol–water partition coefficient (Wildman–Crippen LogP) is 4.79. The topological polar surface area (TPSA) is 30.5 Å². The highest BCUT2D eigenvalue weighted by Crippen LogP contribution is 2.34. The molecule has 0 saturated heterocycles. The SMILES string of the molecule is CC(C)(NCc1cccc2c1OCCO2)c1ccc(Cl)c(Cl)c1. The van der Waals surface area contributed by atoms with Crippen LogP contribution in [0.15, 0.2) is 36.4 Å². The van der Waals surface area contributed by atoms with Gasteiger partial charge in [0.15, 0.2) is 11.5 Å². The third-order valence-corrected chi connectivity index (χ3v) is 4.75. The fraction of sp³-hybridized carbons (Fsp3) is 0.333. The molecule has 0 radical (unpaired) electrons. The molecule has 2 aromatic carbocycles. The number of halogens is 2. The molecule has 1 N–H and O–H groups in total. The van der Waals surface area contributed by atoms with Crippen LogP contribution in [0.25, 0.3) is 0 Å². The average molecular weight is 352 g/mol. The maximum absolute atomic E-state index is 6.14. The summed E-state index contributed by atoms with van der Waals surface area (Å²) in [7, 11) is 0.